The average Bonchev–Trinajstić information content (AvgIpc) is 1.80. The quantitative estimate of drug-likeness (QED) is 0.632. The van der Waals surface area contributed by atoms with Gasteiger partial charge in [0.05, 0.1) is 11.7 Å². The summed E-state index contributed by atoms with van der Waals surface area (Å²) in [5.74, 6) is -0.455. The Balaban J connectivity index is 2.67. The van der Waals surface area contributed by atoms with Crippen LogP contribution in [-0.2, 0) is 14.8 Å². The molecule has 0 heterocycles. The minimum Gasteiger partial charge on any atom is -0.329 e. The molecule has 76 valence electrons. The lowest BCUT2D eigenvalue weighted by Crippen LogP contribution is -2.51. The molecule has 0 aliphatic heterocycles. The zero-order chi connectivity index (χ0) is 10.1. The van der Waals surface area contributed by atoms with Gasteiger partial charge in [0.2, 0.25) is 15.9 Å². The number of hydrogen-bond acceptors (Lipinski definition) is 4. The Morgan fingerprint density at radius 3 is 2.31 bits per heavy atom. The van der Waals surface area contributed by atoms with Gasteiger partial charge in [-0.1, -0.05) is 6.42 Å². The van der Waals surface area contributed by atoms with Crippen LogP contribution in [0.5, 0.6) is 0 Å². The minimum atomic E-state index is -3.45. The van der Waals surface area contributed by atoms with E-state index >= 15 is 0 Å². The van der Waals surface area contributed by atoms with Crippen LogP contribution in [0.2, 0.25) is 0 Å². The summed E-state index contributed by atoms with van der Waals surface area (Å²) < 4.78 is 23.5. The zero-order valence-corrected chi connectivity index (χ0v) is 8.36. The van der Waals surface area contributed by atoms with E-state index in [1.54, 1.807) is 0 Å². The van der Waals surface area contributed by atoms with Gasteiger partial charge in [0.15, 0.2) is 0 Å². The van der Waals surface area contributed by atoms with Crippen LogP contribution in [-0.4, -0.2) is 27.1 Å². The van der Waals surface area contributed by atoms with Gasteiger partial charge in [0.25, 0.3) is 0 Å². The van der Waals surface area contributed by atoms with Gasteiger partial charge in [-0.05, 0) is 12.8 Å². The topological polar surface area (TPSA) is 89.3 Å². The van der Waals surface area contributed by atoms with Gasteiger partial charge >= 0.3 is 0 Å². The normalized spacial score (nSPS) is 20.5. The van der Waals surface area contributed by atoms with Crippen LogP contribution in [0.25, 0.3) is 0 Å². The molecule has 0 unspecified atom stereocenters. The molecule has 13 heavy (non-hydrogen) atoms. The lowest BCUT2D eigenvalue weighted by atomic mass is 9.68. The molecule has 0 aromatic carbocycles. The maximum Gasteiger partial charge on any atom is 0.240 e. The van der Waals surface area contributed by atoms with Gasteiger partial charge in [-0.2, -0.15) is 0 Å². The third-order valence-electron chi connectivity index (χ3n) is 2.46. The Kier molecular flexibility index (Phi) is 2.63. The van der Waals surface area contributed by atoms with E-state index in [9.17, 15) is 13.2 Å². The first-order valence-corrected chi connectivity index (χ1v) is 6.01. The van der Waals surface area contributed by atoms with E-state index in [0.29, 0.717) is 12.8 Å². The highest BCUT2D eigenvalue weighted by atomic mass is 32.2. The first-order valence-electron chi connectivity index (χ1n) is 4.12. The summed E-state index contributed by atoms with van der Waals surface area (Å²) in [7, 11) is -3.45. The van der Waals surface area contributed by atoms with E-state index in [-0.39, 0.29) is 6.54 Å². The number of hydrogen-bond donors (Lipinski definition) is 2. The van der Waals surface area contributed by atoms with Crippen LogP contribution < -0.4 is 10.5 Å². The van der Waals surface area contributed by atoms with Crippen molar-refractivity contribution in [1.82, 2.24) is 4.72 Å². The summed E-state index contributed by atoms with van der Waals surface area (Å²) in [5.41, 5.74) is 4.81. The fraction of sp³-hybridized carbons (Fsp3) is 0.857. The van der Waals surface area contributed by atoms with E-state index in [0.717, 1.165) is 12.7 Å². The number of nitrogens with one attached hydrogen (secondary N) is 1. The maximum atomic E-state index is 11.4. The molecule has 0 spiro atoms. The number of rotatable bonds is 3. The molecule has 0 radical (unpaired) electrons. The second-order valence-electron chi connectivity index (χ2n) is 3.54. The van der Waals surface area contributed by atoms with Gasteiger partial charge in [-0.15, -0.1) is 0 Å². The number of sulfonamides is 1. The van der Waals surface area contributed by atoms with Crippen molar-refractivity contribution < 1.29 is 13.2 Å². The Morgan fingerprint density at radius 2 is 2.08 bits per heavy atom. The standard InChI is InChI=1S/C7H14N2O3S/c1-13(11,12)9-6(10)7(5-8)3-2-4-7/h2-5,8H2,1H3,(H,9,10). The first-order chi connectivity index (χ1) is 5.90. The van der Waals surface area contributed by atoms with Gasteiger partial charge < -0.3 is 5.73 Å². The molecular weight excluding hydrogens is 192 g/mol. The zero-order valence-electron chi connectivity index (χ0n) is 7.54. The molecule has 1 rings (SSSR count). The van der Waals surface area contributed by atoms with Crippen molar-refractivity contribution in [3.63, 3.8) is 0 Å². The third-order valence-corrected chi connectivity index (χ3v) is 3.02. The molecule has 6 heteroatoms. The molecule has 3 N–H and O–H groups in total. The second-order valence-corrected chi connectivity index (χ2v) is 5.29. The van der Waals surface area contributed by atoms with Crippen molar-refractivity contribution in [1.29, 1.82) is 0 Å². The fourth-order valence-electron chi connectivity index (χ4n) is 1.40. The molecule has 1 aliphatic carbocycles. The summed E-state index contributed by atoms with van der Waals surface area (Å²) >= 11 is 0. The number of carbonyl (C=O) groups excluding carboxylic acids is 1. The largest absolute Gasteiger partial charge is 0.329 e. The molecular formula is C7H14N2O3S. The van der Waals surface area contributed by atoms with Crippen LogP contribution in [0.3, 0.4) is 0 Å². The highest BCUT2D eigenvalue weighted by Gasteiger charge is 2.43. The van der Waals surface area contributed by atoms with Crippen LogP contribution in [0.15, 0.2) is 0 Å². The first kappa shape index (κ1) is 10.5. The second kappa shape index (κ2) is 3.26. The van der Waals surface area contributed by atoms with E-state index < -0.39 is 21.3 Å². The van der Waals surface area contributed by atoms with Crippen molar-refractivity contribution in [2.24, 2.45) is 11.1 Å². The molecule has 1 amide bonds. The molecule has 0 aromatic heterocycles. The molecule has 1 aliphatic rings. The third kappa shape index (κ3) is 2.19. The van der Waals surface area contributed by atoms with Gasteiger partial charge in [-0.25, -0.2) is 8.42 Å². The minimum absolute atomic E-state index is 0.217. The Morgan fingerprint density at radius 1 is 1.54 bits per heavy atom. The molecule has 0 bridgehead atoms. The Bertz CT molecular complexity index is 300. The SMILES string of the molecule is CS(=O)(=O)NC(=O)C1(CN)CCC1. The van der Waals surface area contributed by atoms with Crippen LogP contribution in [0.4, 0.5) is 0 Å². The highest BCUT2D eigenvalue weighted by molar-refractivity contribution is 7.89. The fourth-order valence-corrected chi connectivity index (χ4v) is 1.96. The van der Waals surface area contributed by atoms with Crippen LogP contribution >= 0.6 is 0 Å². The molecule has 0 aromatic rings. The van der Waals surface area contributed by atoms with E-state index in [1.807, 2.05) is 4.72 Å². The summed E-state index contributed by atoms with van der Waals surface area (Å²) in [4.78, 5) is 11.4. The van der Waals surface area contributed by atoms with Crippen molar-refractivity contribution in [2.45, 2.75) is 19.3 Å². The van der Waals surface area contributed by atoms with Crippen molar-refractivity contribution in [2.75, 3.05) is 12.8 Å². The highest BCUT2D eigenvalue weighted by Crippen LogP contribution is 2.40. The summed E-state index contributed by atoms with van der Waals surface area (Å²) in [6.45, 7) is 0.217. The molecule has 1 fully saturated rings. The molecule has 5 nitrogen and oxygen atoms in total. The van der Waals surface area contributed by atoms with Gasteiger partial charge in [-0.3, -0.25) is 9.52 Å². The predicted molar refractivity (Wildman–Crippen MR) is 48.3 cm³/mol. The lowest BCUT2D eigenvalue weighted by molar-refractivity contribution is -0.133. The predicted octanol–water partition coefficient (Wildman–Crippen LogP) is -0.809. The summed E-state index contributed by atoms with van der Waals surface area (Å²) in [6, 6.07) is 0. The van der Waals surface area contributed by atoms with E-state index in [1.165, 1.54) is 0 Å². The number of carbonyl (C=O) groups is 1. The van der Waals surface area contributed by atoms with Crippen LogP contribution in [0, 0.1) is 5.41 Å². The maximum absolute atomic E-state index is 11.4. The molecule has 0 atom stereocenters. The van der Waals surface area contributed by atoms with E-state index in [4.69, 9.17) is 5.73 Å². The number of amides is 1. The average molecular weight is 206 g/mol. The number of nitrogens with two attached hydrogens (primary N) is 1. The van der Waals surface area contributed by atoms with Gasteiger partial charge in [0.1, 0.15) is 0 Å². The van der Waals surface area contributed by atoms with Gasteiger partial charge in [0, 0.05) is 6.54 Å². The molecule has 1 saturated carbocycles. The Labute approximate surface area is 77.7 Å². The lowest BCUT2D eigenvalue weighted by Gasteiger charge is -2.38. The monoisotopic (exact) mass is 206 g/mol. The van der Waals surface area contributed by atoms with Crippen molar-refractivity contribution in [3.8, 4) is 0 Å². The van der Waals surface area contributed by atoms with Crippen molar-refractivity contribution in [3.05, 3.63) is 0 Å². The van der Waals surface area contributed by atoms with E-state index in [2.05, 4.69) is 0 Å². The molecule has 0 saturated heterocycles. The van der Waals surface area contributed by atoms with Crippen molar-refractivity contribution >= 4 is 15.9 Å². The summed E-state index contributed by atoms with van der Waals surface area (Å²) in [5, 5.41) is 0. The van der Waals surface area contributed by atoms with Crippen LogP contribution in [0.1, 0.15) is 19.3 Å². The smallest absolute Gasteiger partial charge is 0.240 e. The Hall–Kier alpha value is -0.620. The summed E-state index contributed by atoms with van der Waals surface area (Å²) in [6.07, 6.45) is 3.28.